The van der Waals surface area contributed by atoms with Gasteiger partial charge in [0.1, 0.15) is 29.8 Å². The van der Waals surface area contributed by atoms with Gasteiger partial charge in [-0.2, -0.15) is 5.26 Å². The van der Waals surface area contributed by atoms with Gasteiger partial charge in [0.2, 0.25) is 0 Å². The van der Waals surface area contributed by atoms with E-state index in [1.54, 1.807) is 24.3 Å². The van der Waals surface area contributed by atoms with Gasteiger partial charge in [-0.3, -0.25) is 14.9 Å². The molecule has 0 aliphatic carbocycles. The molecule has 10 heteroatoms. The van der Waals surface area contributed by atoms with Gasteiger partial charge in [-0.05, 0) is 57.9 Å². The summed E-state index contributed by atoms with van der Waals surface area (Å²) in [6, 6.07) is 16.5. The van der Waals surface area contributed by atoms with Crippen molar-refractivity contribution < 1.29 is 18.8 Å². The van der Waals surface area contributed by atoms with Gasteiger partial charge < -0.3 is 10.1 Å². The molecule has 0 saturated carbocycles. The number of rotatable bonds is 7. The lowest BCUT2D eigenvalue weighted by Crippen LogP contribution is -2.13. The number of nitrogens with one attached hydrogen (secondary N) is 1. The lowest BCUT2D eigenvalue weighted by atomic mass is 10.1. The summed E-state index contributed by atoms with van der Waals surface area (Å²) in [5.41, 5.74) is 0.911. The van der Waals surface area contributed by atoms with Crippen LogP contribution in [0, 0.1) is 27.3 Å². The van der Waals surface area contributed by atoms with Gasteiger partial charge in [-0.1, -0.05) is 34.1 Å². The van der Waals surface area contributed by atoms with Crippen molar-refractivity contribution in [3.8, 4) is 11.8 Å². The predicted molar refractivity (Wildman–Crippen MR) is 128 cm³/mol. The van der Waals surface area contributed by atoms with Crippen LogP contribution in [0.5, 0.6) is 5.75 Å². The van der Waals surface area contributed by atoms with Crippen molar-refractivity contribution >= 4 is 55.2 Å². The Kier molecular flexibility index (Phi) is 7.92. The minimum atomic E-state index is -0.737. The van der Waals surface area contributed by atoms with E-state index < -0.39 is 10.8 Å². The van der Waals surface area contributed by atoms with Crippen molar-refractivity contribution in [2.24, 2.45) is 0 Å². The van der Waals surface area contributed by atoms with Gasteiger partial charge >= 0.3 is 0 Å². The molecule has 0 unspecified atom stereocenters. The number of nitrogens with zero attached hydrogens (tertiary/aromatic N) is 2. The predicted octanol–water partition coefficient (Wildman–Crippen LogP) is 6.38. The maximum absolute atomic E-state index is 13.1. The number of benzene rings is 3. The number of ether oxygens (including phenoxy) is 1. The Balaban J connectivity index is 1.88. The molecule has 0 spiro atoms. The molecule has 0 saturated heterocycles. The smallest absolute Gasteiger partial charge is 0.271 e. The molecule has 7 nitrogen and oxygen atoms in total. The highest BCUT2D eigenvalue weighted by Gasteiger charge is 2.15. The molecule has 0 bridgehead atoms. The fourth-order valence-electron chi connectivity index (χ4n) is 2.78. The Hall–Kier alpha value is -3.55. The van der Waals surface area contributed by atoms with E-state index >= 15 is 0 Å². The third-order valence-electron chi connectivity index (χ3n) is 4.31. The first-order valence-electron chi connectivity index (χ1n) is 9.30. The first-order valence-corrected chi connectivity index (χ1v) is 10.9. The second-order valence-corrected chi connectivity index (χ2v) is 8.42. The highest BCUT2D eigenvalue weighted by atomic mass is 79.9. The number of halogens is 3. The number of hydrogen-bond acceptors (Lipinski definition) is 5. The topological polar surface area (TPSA) is 105 Å². The van der Waals surface area contributed by atoms with Crippen LogP contribution >= 0.6 is 31.9 Å². The fourth-order valence-corrected chi connectivity index (χ4v) is 4.15. The van der Waals surface area contributed by atoms with Crippen molar-refractivity contribution in [3.05, 3.63) is 102 Å². The summed E-state index contributed by atoms with van der Waals surface area (Å²) >= 11 is 6.79. The summed E-state index contributed by atoms with van der Waals surface area (Å²) < 4.78 is 20.3. The number of amides is 1. The number of nitro groups is 1. The summed E-state index contributed by atoms with van der Waals surface area (Å²) in [5, 5.41) is 23.0. The molecule has 0 atom stereocenters. The number of hydrogen-bond donors (Lipinski definition) is 1. The SMILES string of the molecule is N#C/C(=C\c1cc(Br)cc(Br)c1OCc1ccc(F)cc1)C(=O)Nc1cccc([N+](=O)[O-])c1. The molecule has 166 valence electrons. The van der Waals surface area contributed by atoms with E-state index in [1.807, 2.05) is 6.07 Å². The highest BCUT2D eigenvalue weighted by molar-refractivity contribution is 9.11. The summed E-state index contributed by atoms with van der Waals surface area (Å²) in [7, 11) is 0. The normalized spacial score (nSPS) is 10.9. The number of non-ortho nitro benzene ring substituents is 1. The average Bonchev–Trinajstić information content (AvgIpc) is 2.78. The molecule has 0 fully saturated rings. The van der Waals surface area contributed by atoms with Crippen LogP contribution in [-0.2, 0) is 11.4 Å². The molecule has 0 aromatic heterocycles. The van der Waals surface area contributed by atoms with Crippen LogP contribution < -0.4 is 10.1 Å². The van der Waals surface area contributed by atoms with Gasteiger partial charge in [0.05, 0.1) is 9.40 Å². The maximum Gasteiger partial charge on any atom is 0.271 e. The van der Waals surface area contributed by atoms with Crippen LogP contribution in [0.2, 0.25) is 0 Å². The largest absolute Gasteiger partial charge is 0.487 e. The lowest BCUT2D eigenvalue weighted by molar-refractivity contribution is -0.384. The maximum atomic E-state index is 13.1. The molecule has 1 amide bonds. The molecule has 1 N–H and O–H groups in total. The zero-order chi connectivity index (χ0) is 24.0. The van der Waals surface area contributed by atoms with Crippen LogP contribution in [0.4, 0.5) is 15.8 Å². The summed E-state index contributed by atoms with van der Waals surface area (Å²) in [4.78, 5) is 23.0. The lowest BCUT2D eigenvalue weighted by Gasteiger charge is -2.13. The molecule has 0 aliphatic heterocycles. The minimum absolute atomic E-state index is 0.128. The van der Waals surface area contributed by atoms with E-state index in [-0.39, 0.29) is 29.4 Å². The number of nitro benzene ring substituents is 1. The number of nitriles is 1. The van der Waals surface area contributed by atoms with Gasteiger partial charge in [0.15, 0.2) is 0 Å². The average molecular weight is 575 g/mol. The number of carbonyl (C=O) groups excluding carboxylic acids is 1. The number of carbonyl (C=O) groups is 1. The van der Waals surface area contributed by atoms with Gasteiger partial charge in [0.25, 0.3) is 11.6 Å². The quantitative estimate of drug-likeness (QED) is 0.152. The summed E-state index contributed by atoms with van der Waals surface area (Å²) in [5.74, 6) is -0.724. The van der Waals surface area contributed by atoms with Crippen LogP contribution in [-0.4, -0.2) is 10.8 Å². The van der Waals surface area contributed by atoms with Crippen LogP contribution in [0.15, 0.2) is 75.2 Å². The van der Waals surface area contributed by atoms with Crippen LogP contribution in [0.3, 0.4) is 0 Å². The summed E-state index contributed by atoms with van der Waals surface area (Å²) in [6.07, 6.45) is 1.35. The molecule has 0 heterocycles. The Morgan fingerprint density at radius 2 is 1.91 bits per heavy atom. The van der Waals surface area contributed by atoms with Crippen LogP contribution in [0.1, 0.15) is 11.1 Å². The van der Waals surface area contributed by atoms with E-state index in [9.17, 15) is 24.6 Å². The molecular weight excluding hydrogens is 561 g/mol. The Morgan fingerprint density at radius 1 is 1.18 bits per heavy atom. The molecular formula is C23H14Br2FN3O4. The highest BCUT2D eigenvalue weighted by Crippen LogP contribution is 2.35. The van der Waals surface area contributed by atoms with Crippen molar-refractivity contribution in [1.82, 2.24) is 0 Å². The van der Waals surface area contributed by atoms with Crippen molar-refractivity contribution in [2.45, 2.75) is 6.61 Å². The van der Waals surface area contributed by atoms with E-state index in [0.29, 0.717) is 20.3 Å². The van der Waals surface area contributed by atoms with E-state index in [0.717, 1.165) is 5.56 Å². The monoisotopic (exact) mass is 573 g/mol. The Morgan fingerprint density at radius 3 is 2.58 bits per heavy atom. The molecule has 3 rings (SSSR count). The zero-order valence-corrected chi connectivity index (χ0v) is 19.9. The van der Waals surface area contributed by atoms with Gasteiger partial charge in [0, 0.05) is 27.9 Å². The van der Waals surface area contributed by atoms with Crippen LogP contribution in [0.25, 0.3) is 6.08 Å². The molecule has 33 heavy (non-hydrogen) atoms. The number of anilines is 1. The van der Waals surface area contributed by atoms with Crippen molar-refractivity contribution in [2.75, 3.05) is 5.32 Å². The Bertz CT molecular complexity index is 1290. The molecule has 0 aliphatic rings. The second-order valence-electron chi connectivity index (χ2n) is 6.65. The third-order valence-corrected chi connectivity index (χ3v) is 5.36. The summed E-state index contributed by atoms with van der Waals surface area (Å²) in [6.45, 7) is 0.128. The van der Waals surface area contributed by atoms with Gasteiger partial charge in [-0.25, -0.2) is 4.39 Å². The first-order chi connectivity index (χ1) is 15.8. The third kappa shape index (κ3) is 6.47. The second kappa shape index (κ2) is 10.8. The zero-order valence-electron chi connectivity index (χ0n) is 16.7. The Labute approximate surface area is 204 Å². The molecule has 3 aromatic rings. The van der Waals surface area contributed by atoms with Crippen molar-refractivity contribution in [1.29, 1.82) is 5.26 Å². The molecule has 3 aromatic carbocycles. The standard InChI is InChI=1S/C23H14Br2FN3O4/c24-17-9-15(22(21(25)10-17)33-13-14-4-6-18(26)7-5-14)8-16(12-27)23(30)28-19-2-1-3-20(11-19)29(31)32/h1-11H,13H2,(H,28,30)/b16-8+. The fraction of sp³-hybridized carbons (Fsp3) is 0.0435. The van der Waals surface area contributed by atoms with Crippen molar-refractivity contribution in [3.63, 3.8) is 0 Å². The first kappa shape index (κ1) is 24.1. The minimum Gasteiger partial charge on any atom is -0.487 e. The molecule has 0 radical (unpaired) electrons. The van der Waals surface area contributed by atoms with E-state index in [1.165, 1.54) is 42.5 Å². The van der Waals surface area contributed by atoms with Gasteiger partial charge in [-0.15, -0.1) is 0 Å². The van der Waals surface area contributed by atoms with E-state index in [2.05, 4.69) is 37.2 Å². The van der Waals surface area contributed by atoms with E-state index in [4.69, 9.17) is 4.74 Å².